The van der Waals surface area contributed by atoms with E-state index >= 15 is 0 Å². The van der Waals surface area contributed by atoms with Crippen molar-refractivity contribution in [1.29, 1.82) is 0 Å². The van der Waals surface area contributed by atoms with Crippen LogP contribution in [0.3, 0.4) is 0 Å². The van der Waals surface area contributed by atoms with Crippen LogP contribution in [-0.2, 0) is 27.4 Å². The molecule has 6 rings (SSSR count). The molecule has 0 nitrogen and oxygen atoms in total. The van der Waals surface area contributed by atoms with E-state index in [1.165, 1.54) is 99.7 Å². The molecule has 50 heavy (non-hydrogen) atoms. The van der Waals surface area contributed by atoms with E-state index in [-0.39, 0.29) is 12.7 Å². The minimum atomic E-state index is -4.76. The van der Waals surface area contributed by atoms with Crippen molar-refractivity contribution < 1.29 is 15.6 Å². The van der Waals surface area contributed by atoms with Crippen molar-refractivity contribution in [1.82, 2.24) is 0 Å². The zero-order valence-electron chi connectivity index (χ0n) is 31.5. The van der Waals surface area contributed by atoms with Crippen molar-refractivity contribution >= 4 is 35.1 Å². The van der Waals surface area contributed by atoms with Gasteiger partial charge in [0.2, 0.25) is 0 Å². The molecule has 0 N–H and O–H groups in total. The van der Waals surface area contributed by atoms with Crippen molar-refractivity contribution in [2.45, 2.75) is 112 Å². The van der Waals surface area contributed by atoms with Crippen molar-refractivity contribution in [3.05, 3.63) is 130 Å². The van der Waals surface area contributed by atoms with Crippen LogP contribution in [0.4, 0.5) is 0 Å². The van der Waals surface area contributed by atoms with E-state index < -0.39 is 21.5 Å². The molecule has 0 heterocycles. The molecule has 0 spiro atoms. The number of aryl methyl sites for hydroxylation is 1. The molecule has 0 radical (unpaired) electrons. The average Bonchev–Trinajstić information content (AvgIpc) is 3.72. The van der Waals surface area contributed by atoms with Crippen LogP contribution in [0.1, 0.15) is 120 Å². The first kappa shape index (κ1) is 37.8. The Hall–Kier alpha value is -1.96. The summed E-state index contributed by atoms with van der Waals surface area (Å²) in [5.74, 6) is -1.60. The Morgan fingerprint density at radius 3 is 1.86 bits per heavy atom. The standard InChI is InChI=1S/C25H31.C19H19.C2H7Si.2ClH.Zr/c1-3-5-7-8-11-21-18-23-12-9-13-24(25(23)19-21)22-16-14-20(15-17-22)10-6-4-2;1-19(2,3)16-12-10-15(11-13-16)18-9-5-7-14-6-4-8-17(14)18;1-3-2;;;/h9,12-19H,3-8,10-11H2,1-2H3;4-13H,1-3H3;3H,1-2H3;2*1H;/q;;;;;+2/p-2. The Bertz CT molecular complexity index is 1880. The minimum absolute atomic E-state index is 0.0896. The third kappa shape index (κ3) is 7.06. The maximum absolute atomic E-state index is 8.61. The Labute approximate surface area is 312 Å². The number of fused-ring (bicyclic) bond motifs is 2. The molecule has 0 fully saturated rings. The van der Waals surface area contributed by atoms with Crippen LogP contribution in [0.25, 0.3) is 34.4 Å². The van der Waals surface area contributed by atoms with Crippen molar-refractivity contribution in [2.75, 3.05) is 0 Å². The molecule has 0 bridgehead atoms. The summed E-state index contributed by atoms with van der Waals surface area (Å²) < 4.78 is 0.217. The number of hydrogen-bond acceptors (Lipinski definition) is 0. The molecule has 4 heteroatoms. The first-order chi connectivity index (χ1) is 23.9. The topological polar surface area (TPSA) is 0 Å². The molecule has 0 aromatic heterocycles. The van der Waals surface area contributed by atoms with Crippen molar-refractivity contribution in [3.8, 4) is 22.3 Å². The Morgan fingerprint density at radius 2 is 1.26 bits per heavy atom. The predicted octanol–water partition coefficient (Wildman–Crippen LogP) is 14.8. The first-order valence-electron chi connectivity index (χ1n) is 19.3. The Kier molecular flexibility index (Phi) is 11.5. The second-order valence-corrected chi connectivity index (χ2v) is 59.0. The van der Waals surface area contributed by atoms with Gasteiger partial charge < -0.3 is 0 Å². The first-order valence-corrected chi connectivity index (χ1v) is 35.6. The van der Waals surface area contributed by atoms with Crippen LogP contribution >= 0.6 is 17.0 Å². The van der Waals surface area contributed by atoms with Gasteiger partial charge in [0, 0.05) is 0 Å². The maximum atomic E-state index is 8.61. The number of unbranched alkanes of at least 4 members (excludes halogenated alkanes) is 4. The fraction of sp³-hybridized carbons (Fsp3) is 0.391. The summed E-state index contributed by atoms with van der Waals surface area (Å²) in [7, 11) is 17.2. The molecule has 4 aromatic rings. The van der Waals surface area contributed by atoms with Gasteiger partial charge in [-0.2, -0.15) is 0 Å². The zero-order chi connectivity index (χ0) is 35.7. The normalized spacial score (nSPS) is 17.8. The van der Waals surface area contributed by atoms with Crippen LogP contribution < -0.4 is 0 Å². The van der Waals surface area contributed by atoms with Crippen LogP contribution in [-0.4, -0.2) is 5.92 Å². The van der Waals surface area contributed by atoms with Gasteiger partial charge >= 0.3 is 315 Å². The van der Waals surface area contributed by atoms with Gasteiger partial charge in [-0.05, 0) is 0 Å². The third-order valence-electron chi connectivity index (χ3n) is 11.8. The van der Waals surface area contributed by atoms with E-state index in [1.807, 2.05) is 0 Å². The van der Waals surface area contributed by atoms with Crippen LogP contribution in [0.2, 0.25) is 13.1 Å². The van der Waals surface area contributed by atoms with Gasteiger partial charge in [-0.3, -0.25) is 0 Å². The van der Waals surface area contributed by atoms with Gasteiger partial charge in [0.15, 0.2) is 0 Å². The number of hydrogen-bond donors (Lipinski definition) is 0. The number of rotatable bonds is 13. The number of halogens is 2. The summed E-state index contributed by atoms with van der Waals surface area (Å²) in [5, 5.41) is 0. The number of benzene rings is 4. The molecule has 2 atom stereocenters. The van der Waals surface area contributed by atoms with Crippen LogP contribution in [0.5, 0.6) is 0 Å². The fourth-order valence-corrected chi connectivity index (χ4v) is 38.1. The molecular weight excluding hydrogens is 743 g/mol. The molecule has 0 amide bonds. The fourth-order valence-electron chi connectivity index (χ4n) is 8.66. The molecule has 2 aliphatic rings. The zero-order valence-corrected chi connectivity index (χ0v) is 36.6. The van der Waals surface area contributed by atoms with E-state index in [2.05, 4.69) is 151 Å². The second kappa shape index (κ2) is 15.2. The van der Waals surface area contributed by atoms with Crippen molar-refractivity contribution in [3.63, 3.8) is 0 Å². The summed E-state index contributed by atoms with van der Waals surface area (Å²) in [6.07, 6.45) is 16.9. The van der Waals surface area contributed by atoms with E-state index in [4.69, 9.17) is 17.0 Å². The average molecular weight is 800 g/mol. The van der Waals surface area contributed by atoms with Gasteiger partial charge in [0.1, 0.15) is 0 Å². The SMILES string of the molecule is CCCCCCC1=Cc2c(-c3ccc(CCCC)cc3)cccc2[CH]1[Zr]([Cl])([Cl])([CH]1C=Cc2c(-c3ccc(C(C)(C)C)cc3)cccc21)[SiH](C)C. The van der Waals surface area contributed by atoms with E-state index in [0.29, 0.717) is 0 Å². The monoisotopic (exact) mass is 797 g/mol. The summed E-state index contributed by atoms with van der Waals surface area (Å²) in [4.78, 5) is 0. The Morgan fingerprint density at radius 1 is 0.660 bits per heavy atom. The van der Waals surface area contributed by atoms with Crippen LogP contribution in [0, 0.1) is 0 Å². The summed E-state index contributed by atoms with van der Waals surface area (Å²) in [6.45, 7) is 16.3. The summed E-state index contributed by atoms with van der Waals surface area (Å²) in [5.41, 5.74) is 14.9. The second-order valence-electron chi connectivity index (χ2n) is 16.4. The van der Waals surface area contributed by atoms with E-state index in [0.717, 1.165) is 12.8 Å². The molecule has 2 unspecified atom stereocenters. The van der Waals surface area contributed by atoms with Crippen molar-refractivity contribution in [2.24, 2.45) is 0 Å². The number of allylic oxidation sites excluding steroid dienone is 2. The molecule has 2 aliphatic carbocycles. The predicted molar refractivity (Wildman–Crippen MR) is 223 cm³/mol. The quantitative estimate of drug-likeness (QED) is 0.0933. The molecule has 263 valence electrons. The van der Waals surface area contributed by atoms with E-state index in [9.17, 15) is 0 Å². The summed E-state index contributed by atoms with van der Waals surface area (Å²) >= 11 is -4.76. The van der Waals surface area contributed by atoms with Gasteiger partial charge in [0.05, 0.1) is 0 Å². The van der Waals surface area contributed by atoms with Gasteiger partial charge in [-0.1, -0.05) is 0 Å². The Balaban J connectivity index is 1.45. The summed E-state index contributed by atoms with van der Waals surface area (Å²) in [6, 6.07) is 32.3. The van der Waals surface area contributed by atoms with Crippen LogP contribution in [0.15, 0.2) is 96.6 Å². The molecule has 0 saturated heterocycles. The van der Waals surface area contributed by atoms with Gasteiger partial charge in [-0.15, -0.1) is 0 Å². The van der Waals surface area contributed by atoms with Gasteiger partial charge in [-0.25, -0.2) is 0 Å². The third-order valence-corrected chi connectivity index (χ3v) is 63.8. The molecular formula is C46H57Cl2SiZr. The molecule has 4 aromatic carbocycles. The van der Waals surface area contributed by atoms with Gasteiger partial charge in [0.25, 0.3) is 0 Å². The van der Waals surface area contributed by atoms with E-state index in [1.54, 1.807) is 0 Å². The molecule has 0 aliphatic heterocycles. The molecule has 0 saturated carbocycles.